The lowest BCUT2D eigenvalue weighted by Crippen LogP contribution is -2.57. The molecule has 1 aliphatic rings. The minimum atomic E-state index is -0.374. The van der Waals surface area contributed by atoms with Crippen molar-refractivity contribution in [2.24, 2.45) is 7.05 Å². The third kappa shape index (κ3) is 2.26. The van der Waals surface area contributed by atoms with Gasteiger partial charge in [0.1, 0.15) is 11.7 Å². The van der Waals surface area contributed by atoms with Crippen molar-refractivity contribution < 1.29 is 9.59 Å². The highest BCUT2D eigenvalue weighted by molar-refractivity contribution is 6.01. The molecule has 0 saturated carbocycles. The van der Waals surface area contributed by atoms with E-state index in [0.29, 0.717) is 25.2 Å². The largest absolute Gasteiger partial charge is 0.353 e. The van der Waals surface area contributed by atoms with E-state index in [1.54, 1.807) is 4.90 Å². The number of carbonyl (C=O) groups is 2. The second-order valence-corrected chi connectivity index (χ2v) is 5.86. The fraction of sp³-hybridized carbons (Fsp3) is 0.412. The third-order valence-corrected chi connectivity index (χ3v) is 4.40. The zero-order valence-electron chi connectivity index (χ0n) is 13.2. The van der Waals surface area contributed by atoms with Gasteiger partial charge in [-0.2, -0.15) is 0 Å². The molecule has 5 heteroatoms. The molecular weight excluding hydrogens is 278 g/mol. The highest BCUT2D eigenvalue weighted by atomic mass is 16.2. The van der Waals surface area contributed by atoms with Crippen molar-refractivity contribution in [3.8, 4) is 0 Å². The number of hydrogen-bond acceptors (Lipinski definition) is 2. The molecule has 0 radical (unpaired) electrons. The Hall–Kier alpha value is -2.30. The zero-order valence-corrected chi connectivity index (χ0v) is 13.2. The molecule has 22 heavy (non-hydrogen) atoms. The summed E-state index contributed by atoms with van der Waals surface area (Å²) in [6, 6.07) is 7.69. The van der Waals surface area contributed by atoms with Gasteiger partial charge >= 0.3 is 0 Å². The van der Waals surface area contributed by atoms with E-state index in [4.69, 9.17) is 0 Å². The number of aryl methyl sites for hydroxylation is 2. The molecule has 0 spiro atoms. The maximum absolute atomic E-state index is 12.9. The molecule has 1 saturated heterocycles. The SMILES string of the molecule is CC[C@@H]1C(=O)NCCN1C(=O)c1cc2cc(C)ccc2n1C. The summed E-state index contributed by atoms with van der Waals surface area (Å²) < 4.78 is 1.91. The molecule has 2 aromatic rings. The molecule has 1 aromatic heterocycles. The van der Waals surface area contributed by atoms with Gasteiger partial charge in [0, 0.05) is 31.0 Å². The van der Waals surface area contributed by atoms with Crippen LogP contribution in [-0.2, 0) is 11.8 Å². The van der Waals surface area contributed by atoms with Gasteiger partial charge in [-0.1, -0.05) is 18.6 Å². The second kappa shape index (κ2) is 5.48. The summed E-state index contributed by atoms with van der Waals surface area (Å²) >= 11 is 0. The first-order chi connectivity index (χ1) is 10.5. The molecular formula is C17H21N3O2. The number of hydrogen-bond donors (Lipinski definition) is 1. The predicted octanol–water partition coefficient (Wildman–Crippen LogP) is 1.84. The van der Waals surface area contributed by atoms with E-state index < -0.39 is 0 Å². The van der Waals surface area contributed by atoms with Crippen LogP contribution in [0.2, 0.25) is 0 Å². The van der Waals surface area contributed by atoms with Gasteiger partial charge in [-0.15, -0.1) is 0 Å². The molecule has 3 rings (SSSR count). The number of aromatic nitrogens is 1. The van der Waals surface area contributed by atoms with Crippen LogP contribution < -0.4 is 5.32 Å². The summed E-state index contributed by atoms with van der Waals surface area (Å²) in [6.07, 6.45) is 0.626. The zero-order chi connectivity index (χ0) is 15.9. The maximum Gasteiger partial charge on any atom is 0.271 e. The first-order valence-electron chi connectivity index (χ1n) is 7.67. The lowest BCUT2D eigenvalue weighted by molar-refractivity contribution is -0.127. The van der Waals surface area contributed by atoms with Gasteiger partial charge in [-0.05, 0) is 31.5 Å². The summed E-state index contributed by atoms with van der Waals surface area (Å²) in [7, 11) is 1.90. The summed E-state index contributed by atoms with van der Waals surface area (Å²) in [5.41, 5.74) is 2.83. The fourth-order valence-electron chi connectivity index (χ4n) is 3.18. The number of nitrogens with zero attached hydrogens (tertiary/aromatic N) is 2. The number of fused-ring (bicyclic) bond motifs is 1. The molecule has 5 nitrogen and oxygen atoms in total. The summed E-state index contributed by atoms with van der Waals surface area (Å²) in [4.78, 5) is 26.6. The van der Waals surface area contributed by atoms with E-state index in [9.17, 15) is 9.59 Å². The molecule has 1 aromatic carbocycles. The van der Waals surface area contributed by atoms with E-state index in [0.717, 1.165) is 10.9 Å². The van der Waals surface area contributed by atoms with Crippen molar-refractivity contribution in [1.29, 1.82) is 0 Å². The van der Waals surface area contributed by atoms with Gasteiger partial charge in [0.15, 0.2) is 0 Å². The molecule has 1 aliphatic heterocycles. The van der Waals surface area contributed by atoms with Gasteiger partial charge in [-0.25, -0.2) is 0 Å². The first-order valence-corrected chi connectivity index (χ1v) is 7.67. The van der Waals surface area contributed by atoms with E-state index in [2.05, 4.69) is 11.4 Å². The topological polar surface area (TPSA) is 54.3 Å². The average molecular weight is 299 g/mol. The van der Waals surface area contributed by atoms with Crippen LogP contribution in [0.3, 0.4) is 0 Å². The molecule has 0 bridgehead atoms. The first kappa shape index (κ1) is 14.6. The Labute approximate surface area is 129 Å². The lowest BCUT2D eigenvalue weighted by atomic mass is 10.1. The smallest absolute Gasteiger partial charge is 0.271 e. The maximum atomic E-state index is 12.9. The predicted molar refractivity (Wildman–Crippen MR) is 85.8 cm³/mol. The van der Waals surface area contributed by atoms with Crippen molar-refractivity contribution in [3.63, 3.8) is 0 Å². The quantitative estimate of drug-likeness (QED) is 0.920. The van der Waals surface area contributed by atoms with E-state index in [1.807, 2.05) is 43.7 Å². The van der Waals surface area contributed by atoms with Crippen LogP contribution in [0.4, 0.5) is 0 Å². The lowest BCUT2D eigenvalue weighted by Gasteiger charge is -2.34. The molecule has 2 heterocycles. The van der Waals surface area contributed by atoms with Crippen LogP contribution in [0, 0.1) is 6.92 Å². The van der Waals surface area contributed by atoms with Gasteiger partial charge in [0.2, 0.25) is 5.91 Å². The minimum absolute atomic E-state index is 0.0586. The standard InChI is InChI=1S/C17H21N3O2/c1-4-13-16(21)18-7-8-20(13)17(22)15-10-12-9-11(2)5-6-14(12)19(15)3/h5-6,9-10,13H,4,7-8H2,1-3H3,(H,18,21)/t13-/m1/s1. The summed E-state index contributed by atoms with van der Waals surface area (Å²) in [5.74, 6) is -0.130. The molecule has 2 amide bonds. The Morgan fingerprint density at radius 3 is 2.86 bits per heavy atom. The Kier molecular flexibility index (Phi) is 3.64. The number of benzene rings is 1. The number of piperazine rings is 1. The normalized spacial score (nSPS) is 18.6. The van der Waals surface area contributed by atoms with Gasteiger partial charge in [0.05, 0.1) is 0 Å². The monoisotopic (exact) mass is 299 g/mol. The van der Waals surface area contributed by atoms with Crippen LogP contribution >= 0.6 is 0 Å². The Morgan fingerprint density at radius 2 is 2.14 bits per heavy atom. The van der Waals surface area contributed by atoms with Crippen molar-refractivity contribution in [1.82, 2.24) is 14.8 Å². The van der Waals surface area contributed by atoms with Crippen LogP contribution in [0.5, 0.6) is 0 Å². The van der Waals surface area contributed by atoms with Crippen LogP contribution in [0.1, 0.15) is 29.4 Å². The summed E-state index contributed by atoms with van der Waals surface area (Å²) in [5, 5.41) is 3.88. The number of carbonyl (C=O) groups excluding carboxylic acids is 2. The molecule has 1 atom stereocenters. The highest BCUT2D eigenvalue weighted by Crippen LogP contribution is 2.22. The van der Waals surface area contributed by atoms with Crippen LogP contribution in [-0.4, -0.2) is 40.4 Å². The van der Waals surface area contributed by atoms with Crippen LogP contribution in [0.15, 0.2) is 24.3 Å². The van der Waals surface area contributed by atoms with Gasteiger partial charge < -0.3 is 14.8 Å². The molecule has 1 fully saturated rings. The van der Waals surface area contributed by atoms with Crippen molar-refractivity contribution in [2.75, 3.05) is 13.1 Å². The molecule has 1 N–H and O–H groups in total. The molecule has 0 unspecified atom stereocenters. The van der Waals surface area contributed by atoms with Crippen LogP contribution in [0.25, 0.3) is 10.9 Å². The number of nitrogens with one attached hydrogen (secondary N) is 1. The van der Waals surface area contributed by atoms with Crippen molar-refractivity contribution in [2.45, 2.75) is 26.3 Å². The number of rotatable bonds is 2. The number of amides is 2. The average Bonchev–Trinajstić information content (AvgIpc) is 2.82. The van der Waals surface area contributed by atoms with Crippen molar-refractivity contribution in [3.05, 3.63) is 35.5 Å². The van der Waals surface area contributed by atoms with Gasteiger partial charge in [-0.3, -0.25) is 9.59 Å². The van der Waals surface area contributed by atoms with E-state index >= 15 is 0 Å². The Morgan fingerprint density at radius 1 is 1.36 bits per heavy atom. The third-order valence-electron chi connectivity index (χ3n) is 4.40. The van der Waals surface area contributed by atoms with Gasteiger partial charge in [0.25, 0.3) is 5.91 Å². The highest BCUT2D eigenvalue weighted by Gasteiger charge is 2.33. The molecule has 116 valence electrons. The second-order valence-electron chi connectivity index (χ2n) is 5.86. The Bertz CT molecular complexity index is 748. The van der Waals surface area contributed by atoms with E-state index in [-0.39, 0.29) is 17.9 Å². The fourth-order valence-corrected chi connectivity index (χ4v) is 3.18. The minimum Gasteiger partial charge on any atom is -0.353 e. The van der Waals surface area contributed by atoms with E-state index in [1.165, 1.54) is 5.56 Å². The van der Waals surface area contributed by atoms with Crippen molar-refractivity contribution >= 4 is 22.7 Å². The molecule has 0 aliphatic carbocycles. The Balaban J connectivity index is 2.01. The summed E-state index contributed by atoms with van der Waals surface area (Å²) in [6.45, 7) is 5.05.